The highest BCUT2D eigenvalue weighted by molar-refractivity contribution is 6.30. The lowest BCUT2D eigenvalue weighted by Crippen LogP contribution is -2.48. The van der Waals surface area contributed by atoms with Gasteiger partial charge in [0.15, 0.2) is 0 Å². The molecule has 0 N–H and O–H groups in total. The van der Waals surface area contributed by atoms with Gasteiger partial charge in [0.2, 0.25) is 0 Å². The molecule has 2 saturated carbocycles. The molecule has 1 heterocycles. The lowest BCUT2D eigenvalue weighted by Gasteiger charge is -2.39. The summed E-state index contributed by atoms with van der Waals surface area (Å²) in [6.45, 7) is 2.33. The number of hydrogen-bond donors (Lipinski definition) is 0. The molecule has 0 bridgehead atoms. The van der Waals surface area contributed by atoms with Crippen molar-refractivity contribution in [1.29, 1.82) is 0 Å². The second-order valence-electron chi connectivity index (χ2n) is 10.6. The zero-order chi connectivity index (χ0) is 22.4. The first kappa shape index (κ1) is 21.7. The van der Waals surface area contributed by atoms with Crippen LogP contribution in [0.25, 0.3) is 0 Å². The quantitative estimate of drug-likeness (QED) is 0.479. The molecule has 1 aliphatic heterocycles. The number of fused-ring (bicyclic) bond motifs is 1. The highest BCUT2D eigenvalue weighted by Crippen LogP contribution is 2.47. The number of halogens is 1. The van der Waals surface area contributed by atoms with Gasteiger partial charge in [-0.05, 0) is 110 Å². The van der Waals surface area contributed by atoms with Crippen LogP contribution in [0.15, 0.2) is 36.4 Å². The van der Waals surface area contributed by atoms with Crippen LogP contribution in [0.4, 0.5) is 0 Å². The van der Waals surface area contributed by atoms with Crippen LogP contribution >= 0.6 is 11.6 Å². The Morgan fingerprint density at radius 2 is 1.73 bits per heavy atom. The zero-order valence-electron chi connectivity index (χ0n) is 19.4. The Morgan fingerprint density at radius 1 is 0.939 bits per heavy atom. The number of likely N-dealkylation sites (tertiary alicyclic amines) is 1. The molecule has 2 aromatic carbocycles. The first-order chi connectivity index (χ1) is 16.2. The molecule has 1 saturated heterocycles. The largest absolute Gasteiger partial charge is 0.484 e. The first-order valence-corrected chi connectivity index (χ1v) is 13.4. The lowest BCUT2D eigenvalue weighted by molar-refractivity contribution is -0.124. The van der Waals surface area contributed by atoms with E-state index in [1.54, 1.807) is 0 Å². The normalized spacial score (nSPS) is 27.7. The van der Waals surface area contributed by atoms with Crippen molar-refractivity contribution < 1.29 is 9.53 Å². The maximum atomic E-state index is 12.2. The van der Waals surface area contributed by atoms with Crippen LogP contribution in [0.2, 0.25) is 5.02 Å². The van der Waals surface area contributed by atoms with E-state index in [0.29, 0.717) is 17.7 Å². The number of Topliss-reactive ketones (excluding diaryl/α,β-unsaturated/α-hetero) is 1. The van der Waals surface area contributed by atoms with Gasteiger partial charge >= 0.3 is 0 Å². The van der Waals surface area contributed by atoms with Gasteiger partial charge in [0.05, 0.1) is 6.04 Å². The van der Waals surface area contributed by atoms with Gasteiger partial charge in [0, 0.05) is 17.4 Å². The summed E-state index contributed by atoms with van der Waals surface area (Å²) in [6.07, 6.45) is 11.2. The molecule has 0 aromatic heterocycles. The third kappa shape index (κ3) is 4.23. The van der Waals surface area contributed by atoms with E-state index in [2.05, 4.69) is 41.3 Å². The topological polar surface area (TPSA) is 29.5 Å². The molecule has 2 aromatic rings. The van der Waals surface area contributed by atoms with Crippen molar-refractivity contribution in [3.63, 3.8) is 0 Å². The Bertz CT molecular complexity index is 1020. The van der Waals surface area contributed by atoms with Gasteiger partial charge in [-0.3, -0.25) is 9.69 Å². The van der Waals surface area contributed by atoms with E-state index in [1.165, 1.54) is 67.4 Å². The van der Waals surface area contributed by atoms with E-state index >= 15 is 0 Å². The Kier molecular flexibility index (Phi) is 5.96. The molecule has 0 amide bonds. The van der Waals surface area contributed by atoms with E-state index in [4.69, 9.17) is 16.3 Å². The number of benzene rings is 2. The van der Waals surface area contributed by atoms with E-state index < -0.39 is 0 Å². The molecule has 4 heteroatoms. The molecule has 0 spiro atoms. The molecule has 3 fully saturated rings. The van der Waals surface area contributed by atoms with Gasteiger partial charge in [0.25, 0.3) is 0 Å². The summed E-state index contributed by atoms with van der Waals surface area (Å²) in [6, 6.07) is 13.3. The SMILES string of the molecule is O=C1CCCCC1Cc1ccc(OC2c3cc(Cl)cc(C4CCC4)c3CC2N2CCC2)cc1. The van der Waals surface area contributed by atoms with E-state index in [0.717, 1.165) is 42.9 Å². The molecular weight excluding hydrogens is 430 g/mol. The van der Waals surface area contributed by atoms with Gasteiger partial charge in [0.1, 0.15) is 17.6 Å². The molecule has 174 valence electrons. The molecule has 3 aliphatic carbocycles. The van der Waals surface area contributed by atoms with E-state index in [1.807, 2.05) is 0 Å². The summed E-state index contributed by atoms with van der Waals surface area (Å²) in [5, 5.41) is 0.848. The van der Waals surface area contributed by atoms with Crippen molar-refractivity contribution in [1.82, 2.24) is 4.90 Å². The van der Waals surface area contributed by atoms with Crippen molar-refractivity contribution >= 4 is 17.4 Å². The fraction of sp³-hybridized carbons (Fsp3) is 0.552. The summed E-state index contributed by atoms with van der Waals surface area (Å²) < 4.78 is 6.71. The zero-order valence-corrected chi connectivity index (χ0v) is 20.2. The summed E-state index contributed by atoms with van der Waals surface area (Å²) in [5.41, 5.74) is 5.52. The number of ether oxygens (including phenoxy) is 1. The number of carbonyl (C=O) groups excluding carboxylic acids is 1. The second kappa shape index (κ2) is 9.07. The van der Waals surface area contributed by atoms with Crippen molar-refractivity contribution in [2.24, 2.45) is 5.92 Å². The van der Waals surface area contributed by atoms with Gasteiger partial charge in [-0.25, -0.2) is 0 Å². The molecule has 4 aliphatic rings. The standard InChI is InChI=1S/C29H34ClNO2/c30-22-16-24(20-6-3-7-20)25-18-27(31-13-4-14-31)29(26(25)17-22)33-23-11-9-19(10-12-23)15-21-5-1-2-8-28(21)32/h9-12,16-17,20-21,27,29H,1-8,13-15,18H2. The van der Waals surface area contributed by atoms with Gasteiger partial charge in [-0.2, -0.15) is 0 Å². The van der Waals surface area contributed by atoms with Crippen LogP contribution in [-0.2, 0) is 17.6 Å². The van der Waals surface area contributed by atoms with Gasteiger partial charge in [-0.15, -0.1) is 0 Å². The van der Waals surface area contributed by atoms with E-state index in [9.17, 15) is 4.79 Å². The molecule has 3 unspecified atom stereocenters. The summed E-state index contributed by atoms with van der Waals surface area (Å²) in [4.78, 5) is 14.8. The number of carbonyl (C=O) groups is 1. The third-order valence-corrected chi connectivity index (χ3v) is 8.83. The molecule has 0 radical (unpaired) electrons. The molecule has 6 rings (SSSR count). The average molecular weight is 464 g/mol. The van der Waals surface area contributed by atoms with Crippen LogP contribution in [-0.4, -0.2) is 29.8 Å². The van der Waals surface area contributed by atoms with Crippen molar-refractivity contribution in [2.75, 3.05) is 13.1 Å². The summed E-state index contributed by atoms with van der Waals surface area (Å²) in [5.74, 6) is 2.24. The predicted molar refractivity (Wildman–Crippen MR) is 132 cm³/mol. The van der Waals surface area contributed by atoms with Gasteiger partial charge < -0.3 is 4.74 Å². The second-order valence-corrected chi connectivity index (χ2v) is 11.1. The van der Waals surface area contributed by atoms with Crippen LogP contribution in [0.1, 0.15) is 85.6 Å². The first-order valence-electron chi connectivity index (χ1n) is 13.0. The maximum Gasteiger partial charge on any atom is 0.140 e. The van der Waals surface area contributed by atoms with Crippen LogP contribution in [0.5, 0.6) is 5.75 Å². The Morgan fingerprint density at radius 3 is 2.39 bits per heavy atom. The molecular formula is C29H34ClNO2. The smallest absolute Gasteiger partial charge is 0.140 e. The number of nitrogens with zero attached hydrogens (tertiary/aromatic N) is 1. The van der Waals surface area contributed by atoms with E-state index in [-0.39, 0.29) is 12.0 Å². The van der Waals surface area contributed by atoms with Gasteiger partial charge in [-0.1, -0.05) is 36.6 Å². The fourth-order valence-electron chi connectivity index (χ4n) is 6.32. The maximum absolute atomic E-state index is 12.2. The minimum atomic E-state index is 0.0311. The molecule has 3 atom stereocenters. The fourth-order valence-corrected chi connectivity index (χ4v) is 6.55. The van der Waals surface area contributed by atoms with Crippen molar-refractivity contribution in [3.05, 3.63) is 63.7 Å². The minimum absolute atomic E-state index is 0.0311. The summed E-state index contributed by atoms with van der Waals surface area (Å²) in [7, 11) is 0. The van der Waals surface area contributed by atoms with Crippen LogP contribution in [0.3, 0.4) is 0 Å². The summed E-state index contributed by atoms with van der Waals surface area (Å²) >= 11 is 6.63. The third-order valence-electron chi connectivity index (χ3n) is 8.61. The van der Waals surface area contributed by atoms with Crippen LogP contribution < -0.4 is 4.74 Å². The molecule has 33 heavy (non-hydrogen) atoms. The number of hydrogen-bond acceptors (Lipinski definition) is 3. The highest BCUT2D eigenvalue weighted by Gasteiger charge is 2.42. The van der Waals surface area contributed by atoms with Crippen LogP contribution in [0, 0.1) is 5.92 Å². The Hall–Kier alpha value is -1.84. The predicted octanol–water partition coefficient (Wildman–Crippen LogP) is 6.66. The monoisotopic (exact) mass is 463 g/mol. The highest BCUT2D eigenvalue weighted by atomic mass is 35.5. The number of rotatable bonds is 6. The Balaban J connectivity index is 1.23. The number of ketones is 1. The molecule has 3 nitrogen and oxygen atoms in total. The lowest BCUT2D eigenvalue weighted by atomic mass is 9.77. The van der Waals surface area contributed by atoms with Crippen molar-refractivity contribution in [3.8, 4) is 5.75 Å². The van der Waals surface area contributed by atoms with Crippen molar-refractivity contribution in [2.45, 2.75) is 82.3 Å². The minimum Gasteiger partial charge on any atom is -0.484 e. The Labute approximate surface area is 202 Å². The average Bonchev–Trinajstić information content (AvgIpc) is 3.06.